The van der Waals surface area contributed by atoms with Crippen molar-refractivity contribution in [3.05, 3.63) is 42.0 Å². The standard InChI is InChI=1S/C15H19NO5/c1-11(14(17)18)4-3-9-16-15(19)21-10-12-5-7-13(20-2)8-6-12/h5-8H,1,3-4,9-10H2,2H3,(H,16,19)(H,17,18). The molecule has 0 radical (unpaired) electrons. The highest BCUT2D eigenvalue weighted by Gasteiger charge is 2.05. The predicted molar refractivity (Wildman–Crippen MR) is 77.2 cm³/mol. The first kappa shape index (κ1) is 16.6. The molecule has 1 amide bonds. The molecule has 0 unspecified atom stereocenters. The number of alkyl carbamates (subject to hydrolysis) is 1. The second-order valence-corrected chi connectivity index (χ2v) is 4.36. The van der Waals surface area contributed by atoms with Gasteiger partial charge in [0.25, 0.3) is 0 Å². The number of benzene rings is 1. The first-order valence-corrected chi connectivity index (χ1v) is 6.47. The van der Waals surface area contributed by atoms with Crippen LogP contribution in [0.5, 0.6) is 5.75 Å². The monoisotopic (exact) mass is 293 g/mol. The van der Waals surface area contributed by atoms with Gasteiger partial charge in [0, 0.05) is 12.1 Å². The Kier molecular flexibility index (Phi) is 6.80. The third-order valence-corrected chi connectivity index (χ3v) is 2.76. The minimum Gasteiger partial charge on any atom is -0.497 e. The van der Waals surface area contributed by atoms with E-state index >= 15 is 0 Å². The molecule has 0 aliphatic rings. The van der Waals surface area contributed by atoms with E-state index in [2.05, 4.69) is 11.9 Å². The molecule has 0 aliphatic heterocycles. The second kappa shape index (κ2) is 8.63. The maximum Gasteiger partial charge on any atom is 0.407 e. The molecule has 6 heteroatoms. The van der Waals surface area contributed by atoms with E-state index in [1.165, 1.54) is 0 Å². The maximum atomic E-state index is 11.4. The Labute approximate surface area is 123 Å². The van der Waals surface area contributed by atoms with Gasteiger partial charge in [-0.15, -0.1) is 0 Å². The fraction of sp³-hybridized carbons (Fsp3) is 0.333. The lowest BCUT2D eigenvalue weighted by Gasteiger charge is -2.07. The molecule has 6 nitrogen and oxygen atoms in total. The molecule has 2 N–H and O–H groups in total. The third-order valence-electron chi connectivity index (χ3n) is 2.76. The van der Waals surface area contributed by atoms with Gasteiger partial charge in [0.05, 0.1) is 7.11 Å². The number of carbonyl (C=O) groups is 2. The average Bonchev–Trinajstić information content (AvgIpc) is 2.49. The van der Waals surface area contributed by atoms with Crippen LogP contribution in [0, 0.1) is 0 Å². The fourth-order valence-corrected chi connectivity index (χ4v) is 1.52. The Hall–Kier alpha value is -2.50. The minimum atomic E-state index is -1.02. The van der Waals surface area contributed by atoms with E-state index in [1.54, 1.807) is 19.2 Å². The van der Waals surface area contributed by atoms with Crippen molar-refractivity contribution in [2.24, 2.45) is 0 Å². The van der Waals surface area contributed by atoms with Crippen LogP contribution in [0.2, 0.25) is 0 Å². The van der Waals surface area contributed by atoms with Crippen molar-refractivity contribution < 1.29 is 24.2 Å². The molecule has 1 aromatic carbocycles. The summed E-state index contributed by atoms with van der Waals surface area (Å²) in [6.07, 6.45) is 0.295. The molecule has 114 valence electrons. The molecule has 0 spiro atoms. The van der Waals surface area contributed by atoms with Crippen LogP contribution < -0.4 is 10.1 Å². The van der Waals surface area contributed by atoms with E-state index in [0.29, 0.717) is 19.4 Å². The Bertz CT molecular complexity index is 495. The summed E-state index contributed by atoms with van der Waals surface area (Å²) in [5.41, 5.74) is 0.980. The van der Waals surface area contributed by atoms with Gasteiger partial charge in [0.15, 0.2) is 0 Å². The molecule has 1 rings (SSSR count). The number of ether oxygens (including phenoxy) is 2. The van der Waals surface area contributed by atoms with Crippen molar-refractivity contribution in [1.29, 1.82) is 0 Å². The highest BCUT2D eigenvalue weighted by molar-refractivity contribution is 5.85. The lowest BCUT2D eigenvalue weighted by molar-refractivity contribution is -0.132. The number of hydrogen-bond acceptors (Lipinski definition) is 4. The van der Waals surface area contributed by atoms with E-state index in [9.17, 15) is 9.59 Å². The molecule has 0 aromatic heterocycles. The van der Waals surface area contributed by atoms with E-state index in [4.69, 9.17) is 14.6 Å². The zero-order chi connectivity index (χ0) is 15.7. The molecule has 0 atom stereocenters. The van der Waals surface area contributed by atoms with E-state index < -0.39 is 12.1 Å². The van der Waals surface area contributed by atoms with Crippen LogP contribution in [0.25, 0.3) is 0 Å². The third kappa shape index (κ3) is 6.47. The highest BCUT2D eigenvalue weighted by atomic mass is 16.5. The molecule has 21 heavy (non-hydrogen) atoms. The molecule has 0 saturated carbocycles. The zero-order valence-corrected chi connectivity index (χ0v) is 11.9. The lowest BCUT2D eigenvalue weighted by Crippen LogP contribution is -2.25. The largest absolute Gasteiger partial charge is 0.497 e. The quantitative estimate of drug-likeness (QED) is 0.567. The van der Waals surface area contributed by atoms with Gasteiger partial charge in [-0.05, 0) is 30.5 Å². The van der Waals surface area contributed by atoms with Crippen LogP contribution in [0.3, 0.4) is 0 Å². The molecule has 0 heterocycles. The fourth-order valence-electron chi connectivity index (χ4n) is 1.52. The normalized spacial score (nSPS) is 9.76. The van der Waals surface area contributed by atoms with Crippen molar-refractivity contribution in [2.75, 3.05) is 13.7 Å². The predicted octanol–water partition coefficient (Wildman–Crippen LogP) is 2.34. The van der Waals surface area contributed by atoms with Gasteiger partial charge in [0.2, 0.25) is 0 Å². The van der Waals surface area contributed by atoms with Gasteiger partial charge in [-0.25, -0.2) is 9.59 Å². The molecular weight excluding hydrogens is 274 g/mol. The van der Waals surface area contributed by atoms with E-state index in [0.717, 1.165) is 11.3 Å². The average molecular weight is 293 g/mol. The summed E-state index contributed by atoms with van der Waals surface area (Å²) in [5, 5.41) is 11.2. The number of hydrogen-bond donors (Lipinski definition) is 2. The van der Waals surface area contributed by atoms with Crippen molar-refractivity contribution in [1.82, 2.24) is 5.32 Å². The van der Waals surface area contributed by atoms with Crippen molar-refractivity contribution in [3.63, 3.8) is 0 Å². The second-order valence-electron chi connectivity index (χ2n) is 4.36. The summed E-state index contributed by atoms with van der Waals surface area (Å²) in [6.45, 7) is 3.91. The summed E-state index contributed by atoms with van der Waals surface area (Å²) in [6, 6.07) is 7.19. The van der Waals surface area contributed by atoms with Crippen LogP contribution in [0.1, 0.15) is 18.4 Å². The van der Waals surface area contributed by atoms with Crippen molar-refractivity contribution >= 4 is 12.1 Å². The smallest absolute Gasteiger partial charge is 0.407 e. The van der Waals surface area contributed by atoms with Gasteiger partial charge >= 0.3 is 12.1 Å². The minimum absolute atomic E-state index is 0.128. The summed E-state index contributed by atoms with van der Waals surface area (Å²) in [5.74, 6) is -0.279. The topological polar surface area (TPSA) is 84.9 Å². The van der Waals surface area contributed by atoms with Crippen LogP contribution in [0.15, 0.2) is 36.4 Å². The van der Waals surface area contributed by atoms with Gasteiger partial charge in [-0.3, -0.25) is 0 Å². The number of methoxy groups -OCH3 is 1. The van der Waals surface area contributed by atoms with Crippen LogP contribution in [-0.2, 0) is 16.1 Å². The van der Waals surface area contributed by atoms with Crippen LogP contribution in [-0.4, -0.2) is 30.8 Å². The SMILES string of the molecule is C=C(CCCNC(=O)OCc1ccc(OC)cc1)C(=O)O. The Balaban J connectivity index is 2.18. The summed E-state index contributed by atoms with van der Waals surface area (Å²) >= 11 is 0. The molecular formula is C15H19NO5. The summed E-state index contributed by atoms with van der Waals surface area (Å²) in [7, 11) is 1.58. The van der Waals surface area contributed by atoms with Crippen molar-refractivity contribution in [3.8, 4) is 5.75 Å². The number of rotatable bonds is 8. The Morgan fingerprint density at radius 3 is 2.52 bits per heavy atom. The van der Waals surface area contributed by atoms with Crippen LogP contribution >= 0.6 is 0 Å². The lowest BCUT2D eigenvalue weighted by atomic mass is 10.2. The number of carboxylic acid groups (broad SMARTS) is 1. The van der Waals surface area contributed by atoms with Gasteiger partial charge in [-0.2, -0.15) is 0 Å². The number of carbonyl (C=O) groups excluding carboxylic acids is 1. The number of amides is 1. The number of aliphatic carboxylic acids is 1. The maximum absolute atomic E-state index is 11.4. The van der Waals surface area contributed by atoms with Crippen molar-refractivity contribution in [2.45, 2.75) is 19.4 Å². The van der Waals surface area contributed by atoms with Gasteiger partial charge in [-0.1, -0.05) is 18.7 Å². The summed E-state index contributed by atoms with van der Waals surface area (Å²) < 4.78 is 10.1. The first-order chi connectivity index (χ1) is 10.0. The van der Waals surface area contributed by atoms with Gasteiger partial charge < -0.3 is 19.9 Å². The van der Waals surface area contributed by atoms with E-state index in [1.807, 2.05) is 12.1 Å². The zero-order valence-electron chi connectivity index (χ0n) is 11.9. The Morgan fingerprint density at radius 2 is 1.95 bits per heavy atom. The number of nitrogens with one attached hydrogen (secondary N) is 1. The van der Waals surface area contributed by atoms with E-state index in [-0.39, 0.29) is 12.2 Å². The van der Waals surface area contributed by atoms with Gasteiger partial charge in [0.1, 0.15) is 12.4 Å². The molecule has 1 aromatic rings. The number of carboxylic acids is 1. The molecule has 0 bridgehead atoms. The Morgan fingerprint density at radius 1 is 1.29 bits per heavy atom. The van der Waals surface area contributed by atoms with Crippen LogP contribution in [0.4, 0.5) is 4.79 Å². The summed E-state index contributed by atoms with van der Waals surface area (Å²) in [4.78, 5) is 21.9. The highest BCUT2D eigenvalue weighted by Crippen LogP contribution is 2.11. The molecule has 0 saturated heterocycles. The molecule has 0 aliphatic carbocycles. The molecule has 0 fully saturated rings. The first-order valence-electron chi connectivity index (χ1n) is 6.47.